The first-order valence-corrected chi connectivity index (χ1v) is 8.10. The standard InChI is InChI=1S/C18H31FN2/c1-6-8-11-21(7-2)14-16-12-15(9-10-17(16)19)13-20-18(3,4)5/h9-10,12,20H,6-8,11,13-14H2,1-5H3. The van der Waals surface area contributed by atoms with Crippen LogP contribution in [0.15, 0.2) is 18.2 Å². The van der Waals surface area contributed by atoms with Crippen molar-refractivity contribution in [2.75, 3.05) is 13.1 Å². The topological polar surface area (TPSA) is 15.3 Å². The highest BCUT2D eigenvalue weighted by molar-refractivity contribution is 5.25. The van der Waals surface area contributed by atoms with Crippen LogP contribution in [0.2, 0.25) is 0 Å². The molecule has 120 valence electrons. The fraction of sp³-hybridized carbons (Fsp3) is 0.667. The van der Waals surface area contributed by atoms with E-state index in [9.17, 15) is 4.39 Å². The summed E-state index contributed by atoms with van der Waals surface area (Å²) >= 11 is 0. The van der Waals surface area contributed by atoms with Gasteiger partial charge in [0.2, 0.25) is 0 Å². The minimum Gasteiger partial charge on any atom is -0.308 e. The SMILES string of the molecule is CCCCN(CC)Cc1cc(CNC(C)(C)C)ccc1F. The molecule has 2 nitrogen and oxygen atoms in total. The normalized spacial score (nSPS) is 12.1. The summed E-state index contributed by atoms with van der Waals surface area (Å²) in [7, 11) is 0. The van der Waals surface area contributed by atoms with Crippen LogP contribution >= 0.6 is 0 Å². The van der Waals surface area contributed by atoms with E-state index in [0.717, 1.165) is 30.8 Å². The summed E-state index contributed by atoms with van der Waals surface area (Å²) in [5.74, 6) is -0.0931. The van der Waals surface area contributed by atoms with Crippen LogP contribution in [-0.2, 0) is 13.1 Å². The van der Waals surface area contributed by atoms with Crippen LogP contribution in [-0.4, -0.2) is 23.5 Å². The van der Waals surface area contributed by atoms with Gasteiger partial charge in [0.25, 0.3) is 0 Å². The van der Waals surface area contributed by atoms with E-state index in [2.05, 4.69) is 44.8 Å². The number of nitrogens with one attached hydrogen (secondary N) is 1. The summed E-state index contributed by atoms with van der Waals surface area (Å²) in [6, 6.07) is 5.48. The zero-order valence-corrected chi connectivity index (χ0v) is 14.3. The van der Waals surface area contributed by atoms with Crippen molar-refractivity contribution >= 4 is 0 Å². The van der Waals surface area contributed by atoms with Crippen molar-refractivity contribution in [1.29, 1.82) is 0 Å². The predicted molar refractivity (Wildman–Crippen MR) is 88.9 cm³/mol. The molecule has 1 rings (SSSR count). The Bertz CT molecular complexity index is 424. The van der Waals surface area contributed by atoms with Crippen LogP contribution in [0, 0.1) is 5.82 Å². The zero-order chi connectivity index (χ0) is 15.9. The lowest BCUT2D eigenvalue weighted by Crippen LogP contribution is -2.35. The van der Waals surface area contributed by atoms with Crippen molar-refractivity contribution in [1.82, 2.24) is 10.2 Å². The van der Waals surface area contributed by atoms with Gasteiger partial charge in [-0.2, -0.15) is 0 Å². The average Bonchev–Trinajstić information content (AvgIpc) is 2.43. The monoisotopic (exact) mass is 294 g/mol. The maximum Gasteiger partial charge on any atom is 0.127 e. The van der Waals surface area contributed by atoms with E-state index in [1.54, 1.807) is 6.07 Å². The summed E-state index contributed by atoms with van der Waals surface area (Å²) in [5.41, 5.74) is 2.03. The smallest absolute Gasteiger partial charge is 0.127 e. The third-order valence-electron chi connectivity index (χ3n) is 3.60. The van der Waals surface area contributed by atoms with Crippen LogP contribution in [0.1, 0.15) is 58.6 Å². The van der Waals surface area contributed by atoms with Gasteiger partial charge in [-0.1, -0.05) is 32.4 Å². The molecule has 0 fully saturated rings. The van der Waals surface area contributed by atoms with Crippen LogP contribution in [0.5, 0.6) is 0 Å². The Hall–Kier alpha value is -0.930. The van der Waals surface area contributed by atoms with Gasteiger partial charge < -0.3 is 5.32 Å². The summed E-state index contributed by atoms with van der Waals surface area (Å²) < 4.78 is 14.0. The molecule has 1 N–H and O–H groups in total. The van der Waals surface area contributed by atoms with E-state index in [4.69, 9.17) is 0 Å². The maximum absolute atomic E-state index is 14.0. The second kappa shape index (κ2) is 8.50. The molecule has 0 heterocycles. The van der Waals surface area contributed by atoms with Crippen molar-refractivity contribution in [3.63, 3.8) is 0 Å². The Balaban J connectivity index is 2.72. The highest BCUT2D eigenvalue weighted by atomic mass is 19.1. The Labute approximate surface area is 129 Å². The zero-order valence-electron chi connectivity index (χ0n) is 14.3. The van der Waals surface area contributed by atoms with Crippen LogP contribution < -0.4 is 5.32 Å². The van der Waals surface area contributed by atoms with E-state index in [1.807, 2.05) is 12.1 Å². The second-order valence-electron chi connectivity index (χ2n) is 6.75. The van der Waals surface area contributed by atoms with Crippen molar-refractivity contribution in [2.24, 2.45) is 0 Å². The highest BCUT2D eigenvalue weighted by Crippen LogP contribution is 2.14. The average molecular weight is 294 g/mol. The van der Waals surface area contributed by atoms with Crippen LogP contribution in [0.4, 0.5) is 4.39 Å². The van der Waals surface area contributed by atoms with E-state index >= 15 is 0 Å². The van der Waals surface area contributed by atoms with E-state index in [0.29, 0.717) is 6.54 Å². The molecule has 0 saturated heterocycles. The van der Waals surface area contributed by atoms with E-state index < -0.39 is 0 Å². The quantitative estimate of drug-likeness (QED) is 0.767. The minimum atomic E-state index is -0.0931. The van der Waals surface area contributed by atoms with Gasteiger partial charge in [0.05, 0.1) is 0 Å². The van der Waals surface area contributed by atoms with Gasteiger partial charge in [-0.05, 0) is 51.9 Å². The lowest BCUT2D eigenvalue weighted by atomic mass is 10.1. The van der Waals surface area contributed by atoms with Gasteiger partial charge in [0.1, 0.15) is 5.82 Å². The van der Waals surface area contributed by atoms with Crippen molar-refractivity contribution in [3.05, 3.63) is 35.1 Å². The molecule has 1 aromatic carbocycles. The fourth-order valence-electron chi connectivity index (χ4n) is 2.20. The van der Waals surface area contributed by atoms with Gasteiger partial charge in [0, 0.05) is 24.2 Å². The predicted octanol–water partition coefficient (Wildman–Crippen LogP) is 4.34. The summed E-state index contributed by atoms with van der Waals surface area (Å²) in [6.07, 6.45) is 2.34. The Morgan fingerprint density at radius 1 is 1.19 bits per heavy atom. The molecule has 0 spiro atoms. The third kappa shape index (κ3) is 7.05. The Kier molecular flexibility index (Phi) is 7.33. The first kappa shape index (κ1) is 18.1. The number of unbranched alkanes of at least 4 members (excludes halogenated alkanes) is 1. The largest absolute Gasteiger partial charge is 0.308 e. The molecule has 21 heavy (non-hydrogen) atoms. The minimum absolute atomic E-state index is 0.0745. The Morgan fingerprint density at radius 3 is 2.48 bits per heavy atom. The molecule has 1 aromatic rings. The molecule has 0 unspecified atom stereocenters. The number of hydrogen-bond acceptors (Lipinski definition) is 2. The number of benzene rings is 1. The molecule has 0 aliphatic carbocycles. The molecular formula is C18H31FN2. The van der Waals surface area contributed by atoms with Gasteiger partial charge in [-0.25, -0.2) is 4.39 Å². The molecule has 0 bridgehead atoms. The first-order valence-electron chi connectivity index (χ1n) is 8.10. The molecular weight excluding hydrogens is 263 g/mol. The molecule has 0 aromatic heterocycles. The number of hydrogen-bond donors (Lipinski definition) is 1. The van der Waals surface area contributed by atoms with Gasteiger partial charge >= 0.3 is 0 Å². The number of rotatable bonds is 8. The lowest BCUT2D eigenvalue weighted by molar-refractivity contribution is 0.271. The molecule has 0 amide bonds. The first-order chi connectivity index (χ1) is 9.85. The fourth-order valence-corrected chi connectivity index (χ4v) is 2.20. The summed E-state index contributed by atoms with van der Waals surface area (Å²) in [6.45, 7) is 14.2. The van der Waals surface area contributed by atoms with E-state index in [-0.39, 0.29) is 11.4 Å². The highest BCUT2D eigenvalue weighted by Gasteiger charge is 2.11. The number of nitrogens with zero attached hydrogens (tertiary/aromatic N) is 1. The molecule has 0 aliphatic rings. The molecule has 3 heteroatoms. The van der Waals surface area contributed by atoms with Crippen LogP contribution in [0.25, 0.3) is 0 Å². The lowest BCUT2D eigenvalue weighted by Gasteiger charge is -2.22. The van der Waals surface area contributed by atoms with Gasteiger partial charge in [-0.15, -0.1) is 0 Å². The third-order valence-corrected chi connectivity index (χ3v) is 3.60. The van der Waals surface area contributed by atoms with Crippen LogP contribution in [0.3, 0.4) is 0 Å². The maximum atomic E-state index is 14.0. The molecule has 0 aliphatic heterocycles. The van der Waals surface area contributed by atoms with Gasteiger partial charge in [-0.3, -0.25) is 4.90 Å². The Morgan fingerprint density at radius 2 is 1.90 bits per heavy atom. The van der Waals surface area contributed by atoms with Gasteiger partial charge in [0.15, 0.2) is 0 Å². The summed E-state index contributed by atoms with van der Waals surface area (Å²) in [5, 5.41) is 3.45. The van der Waals surface area contributed by atoms with E-state index in [1.165, 1.54) is 12.8 Å². The molecule has 0 radical (unpaired) electrons. The second-order valence-corrected chi connectivity index (χ2v) is 6.75. The molecule has 0 saturated carbocycles. The van der Waals surface area contributed by atoms with Crippen molar-refractivity contribution < 1.29 is 4.39 Å². The number of halogens is 1. The molecule has 0 atom stereocenters. The van der Waals surface area contributed by atoms with Crippen molar-refractivity contribution in [3.8, 4) is 0 Å². The van der Waals surface area contributed by atoms with Crippen molar-refractivity contribution in [2.45, 2.75) is 66.1 Å². The summed E-state index contributed by atoms with van der Waals surface area (Å²) in [4.78, 5) is 2.31.